The van der Waals surface area contributed by atoms with Crippen LogP contribution in [0.1, 0.15) is 44.9 Å². The van der Waals surface area contributed by atoms with E-state index in [4.69, 9.17) is 9.84 Å². The number of carboxylic acid groups (broad SMARTS) is 1. The zero-order valence-electron chi connectivity index (χ0n) is 8.50. The van der Waals surface area contributed by atoms with E-state index in [-0.39, 0.29) is 11.5 Å². The van der Waals surface area contributed by atoms with E-state index in [1.54, 1.807) is 0 Å². The van der Waals surface area contributed by atoms with Crippen molar-refractivity contribution in [1.29, 1.82) is 0 Å². The summed E-state index contributed by atoms with van der Waals surface area (Å²) in [4.78, 5) is 10.8. The predicted molar refractivity (Wildman–Crippen MR) is 52.1 cm³/mol. The molecule has 0 radical (unpaired) electrons. The summed E-state index contributed by atoms with van der Waals surface area (Å²) in [7, 11) is 0. The maximum Gasteiger partial charge on any atom is 0.306 e. The minimum absolute atomic E-state index is 0.0597. The lowest BCUT2D eigenvalue weighted by molar-refractivity contribution is -0.148. The van der Waals surface area contributed by atoms with E-state index in [0.29, 0.717) is 0 Å². The Morgan fingerprint density at radius 3 is 2.43 bits per heavy atom. The molecule has 0 bridgehead atoms. The van der Waals surface area contributed by atoms with E-state index in [9.17, 15) is 4.79 Å². The van der Waals surface area contributed by atoms with E-state index in [0.717, 1.165) is 38.7 Å². The lowest BCUT2D eigenvalue weighted by Crippen LogP contribution is -2.41. The highest BCUT2D eigenvalue weighted by Gasteiger charge is 2.39. The number of aliphatic carboxylic acids is 1. The van der Waals surface area contributed by atoms with Gasteiger partial charge in [0.25, 0.3) is 0 Å². The fourth-order valence-electron chi connectivity index (χ4n) is 2.70. The number of ether oxygens (including phenoxy) is 1. The Balaban J connectivity index is 1.90. The molecule has 1 aliphatic heterocycles. The van der Waals surface area contributed by atoms with Crippen LogP contribution in [-0.4, -0.2) is 23.3 Å². The molecule has 2 fully saturated rings. The Morgan fingerprint density at radius 1 is 1.21 bits per heavy atom. The van der Waals surface area contributed by atoms with Crippen LogP contribution in [0.5, 0.6) is 0 Å². The zero-order valence-corrected chi connectivity index (χ0v) is 8.50. The number of hydrogen-bond acceptors (Lipinski definition) is 2. The molecule has 2 rings (SSSR count). The van der Waals surface area contributed by atoms with E-state index in [1.165, 1.54) is 12.8 Å². The predicted octanol–water partition coefficient (Wildman–Crippen LogP) is 2.20. The molecule has 1 heterocycles. The Labute approximate surface area is 84.4 Å². The van der Waals surface area contributed by atoms with Crippen LogP contribution in [0.15, 0.2) is 0 Å². The van der Waals surface area contributed by atoms with Crippen molar-refractivity contribution in [2.75, 3.05) is 6.61 Å². The Bertz CT molecular complexity index is 209. The molecule has 0 aromatic carbocycles. The first-order valence-electron chi connectivity index (χ1n) is 5.59. The summed E-state index contributed by atoms with van der Waals surface area (Å²) in [6.45, 7) is 0.873. The van der Waals surface area contributed by atoms with Crippen LogP contribution in [0.3, 0.4) is 0 Å². The summed E-state index contributed by atoms with van der Waals surface area (Å²) in [5.41, 5.74) is 0.0597. The zero-order chi connectivity index (χ0) is 10.0. The highest BCUT2D eigenvalue weighted by molar-refractivity contribution is 5.70. The minimum Gasteiger partial charge on any atom is -0.481 e. The maximum atomic E-state index is 10.8. The summed E-state index contributed by atoms with van der Waals surface area (Å²) in [6, 6.07) is 0. The minimum atomic E-state index is -0.629. The first-order valence-corrected chi connectivity index (χ1v) is 5.59. The number of hydrogen-bond donors (Lipinski definition) is 1. The number of carboxylic acids is 1. The van der Waals surface area contributed by atoms with Crippen molar-refractivity contribution < 1.29 is 14.6 Å². The van der Waals surface area contributed by atoms with Crippen molar-refractivity contribution in [3.8, 4) is 0 Å². The van der Waals surface area contributed by atoms with Gasteiger partial charge in [-0.1, -0.05) is 0 Å². The third kappa shape index (κ3) is 1.92. The van der Waals surface area contributed by atoms with Crippen molar-refractivity contribution >= 4 is 5.97 Å². The van der Waals surface area contributed by atoms with Crippen molar-refractivity contribution in [3.63, 3.8) is 0 Å². The molecular weight excluding hydrogens is 180 g/mol. The van der Waals surface area contributed by atoms with Gasteiger partial charge in [0, 0.05) is 6.61 Å². The van der Waals surface area contributed by atoms with Crippen LogP contribution in [-0.2, 0) is 9.53 Å². The third-order valence-corrected chi connectivity index (χ3v) is 3.68. The molecule has 80 valence electrons. The van der Waals surface area contributed by atoms with Crippen LogP contribution >= 0.6 is 0 Å². The first kappa shape index (κ1) is 9.97. The summed E-state index contributed by atoms with van der Waals surface area (Å²) in [6.07, 6.45) is 7.06. The van der Waals surface area contributed by atoms with Gasteiger partial charge >= 0.3 is 5.97 Å². The van der Waals surface area contributed by atoms with Gasteiger partial charge in [-0.25, -0.2) is 0 Å². The summed E-state index contributed by atoms with van der Waals surface area (Å²) < 4.78 is 5.84. The molecular formula is C11H18O3. The van der Waals surface area contributed by atoms with Crippen molar-refractivity contribution in [2.45, 2.75) is 50.5 Å². The fraction of sp³-hybridized carbons (Fsp3) is 0.909. The second-order valence-corrected chi connectivity index (χ2v) is 4.60. The van der Waals surface area contributed by atoms with Gasteiger partial charge in [-0.15, -0.1) is 0 Å². The van der Waals surface area contributed by atoms with Gasteiger partial charge < -0.3 is 9.84 Å². The maximum absolute atomic E-state index is 10.8. The smallest absolute Gasteiger partial charge is 0.306 e. The molecule has 0 aromatic rings. The van der Waals surface area contributed by atoms with Gasteiger partial charge in [-0.2, -0.15) is 0 Å². The van der Waals surface area contributed by atoms with Crippen molar-refractivity contribution in [2.24, 2.45) is 5.92 Å². The molecule has 0 amide bonds. The summed E-state index contributed by atoms with van der Waals surface area (Å²) in [5.74, 6) is -0.748. The Morgan fingerprint density at radius 2 is 1.93 bits per heavy atom. The fourth-order valence-corrected chi connectivity index (χ4v) is 2.70. The average Bonchev–Trinajstić information content (AvgIpc) is 2.19. The highest BCUT2D eigenvalue weighted by Crippen LogP contribution is 2.40. The molecule has 1 N–H and O–H groups in total. The van der Waals surface area contributed by atoms with Crippen LogP contribution < -0.4 is 0 Å². The molecule has 0 aromatic heterocycles. The quantitative estimate of drug-likeness (QED) is 0.702. The van der Waals surface area contributed by atoms with Crippen LogP contribution in [0.25, 0.3) is 0 Å². The molecule has 1 saturated carbocycles. The molecule has 0 unspecified atom stereocenters. The van der Waals surface area contributed by atoms with Gasteiger partial charge in [-0.05, 0) is 44.9 Å². The Kier molecular flexibility index (Phi) is 2.77. The topological polar surface area (TPSA) is 46.5 Å². The summed E-state index contributed by atoms with van der Waals surface area (Å²) in [5, 5.41) is 8.88. The van der Waals surface area contributed by atoms with E-state index < -0.39 is 5.97 Å². The highest BCUT2D eigenvalue weighted by atomic mass is 16.5. The largest absolute Gasteiger partial charge is 0.481 e. The number of rotatable bonds is 1. The van der Waals surface area contributed by atoms with E-state index in [2.05, 4.69) is 0 Å². The van der Waals surface area contributed by atoms with Gasteiger partial charge in [0.2, 0.25) is 0 Å². The standard InChI is InChI=1S/C11H18O3/c12-10(13)9-3-6-11(7-4-9)5-1-2-8-14-11/h9H,1-8H2,(H,12,13). The van der Waals surface area contributed by atoms with Gasteiger partial charge in [0.15, 0.2) is 0 Å². The molecule has 14 heavy (non-hydrogen) atoms. The molecule has 0 atom stereocenters. The Hall–Kier alpha value is -0.570. The third-order valence-electron chi connectivity index (χ3n) is 3.68. The van der Waals surface area contributed by atoms with Gasteiger partial charge in [0.1, 0.15) is 0 Å². The summed E-state index contributed by atoms with van der Waals surface area (Å²) >= 11 is 0. The molecule has 1 aliphatic carbocycles. The van der Waals surface area contributed by atoms with Crippen LogP contribution in [0.4, 0.5) is 0 Å². The van der Waals surface area contributed by atoms with Gasteiger partial charge in [0.05, 0.1) is 11.5 Å². The van der Waals surface area contributed by atoms with Crippen molar-refractivity contribution in [3.05, 3.63) is 0 Å². The average molecular weight is 198 g/mol. The SMILES string of the molecule is O=C(O)C1CCC2(CCCCO2)CC1. The first-order chi connectivity index (χ1) is 6.72. The van der Waals surface area contributed by atoms with E-state index in [1.807, 2.05) is 0 Å². The van der Waals surface area contributed by atoms with Gasteiger partial charge in [-0.3, -0.25) is 4.79 Å². The molecule has 1 spiro atoms. The normalized spacial score (nSPS) is 38.4. The van der Waals surface area contributed by atoms with Crippen LogP contribution in [0.2, 0.25) is 0 Å². The lowest BCUT2D eigenvalue weighted by atomic mass is 9.75. The second-order valence-electron chi connectivity index (χ2n) is 4.60. The number of carbonyl (C=O) groups is 1. The molecule has 2 aliphatic rings. The van der Waals surface area contributed by atoms with Crippen LogP contribution in [0, 0.1) is 5.92 Å². The molecule has 3 nitrogen and oxygen atoms in total. The monoisotopic (exact) mass is 198 g/mol. The molecule has 3 heteroatoms. The second kappa shape index (κ2) is 3.89. The van der Waals surface area contributed by atoms with Crippen molar-refractivity contribution in [1.82, 2.24) is 0 Å². The van der Waals surface area contributed by atoms with E-state index >= 15 is 0 Å². The molecule has 1 saturated heterocycles. The lowest BCUT2D eigenvalue weighted by Gasteiger charge is -2.41.